The van der Waals surface area contributed by atoms with Crippen LogP contribution in [-0.4, -0.2) is 30.7 Å². The number of rotatable bonds is 8. The van der Waals surface area contributed by atoms with Crippen LogP contribution in [0.3, 0.4) is 0 Å². The van der Waals surface area contributed by atoms with Crippen LogP contribution in [-0.2, 0) is 21.4 Å². The van der Waals surface area contributed by atoms with Crippen molar-refractivity contribution in [1.82, 2.24) is 14.6 Å². The number of amides is 1. The Balaban J connectivity index is 1.78. The van der Waals surface area contributed by atoms with E-state index in [4.69, 9.17) is 16.0 Å². The fraction of sp³-hybridized carbons (Fsp3) is 0.120. The Labute approximate surface area is 203 Å². The molecule has 0 aliphatic rings. The van der Waals surface area contributed by atoms with E-state index in [0.29, 0.717) is 22.0 Å². The molecule has 0 aliphatic heterocycles. The van der Waals surface area contributed by atoms with Crippen LogP contribution < -0.4 is 5.32 Å². The van der Waals surface area contributed by atoms with Crippen LogP contribution in [0.1, 0.15) is 17.2 Å². The predicted molar refractivity (Wildman–Crippen MR) is 129 cm³/mol. The topological polar surface area (TPSA) is 92.5 Å². The standard InChI is InChI=1S/C25H22ClN3O4S/c1-27-24(30)23(19-5-3-2-4-6-19)29(34(31,32)22-13-11-21(26)12-14-22)17-18-7-9-20(10-8-18)25-28-15-16-33-25/h2-16,23H,17H2,1H3,(H,27,30)/t23-/m1/s1. The zero-order valence-corrected chi connectivity index (χ0v) is 19.8. The summed E-state index contributed by atoms with van der Waals surface area (Å²) in [5, 5.41) is 3.02. The molecule has 0 bridgehead atoms. The summed E-state index contributed by atoms with van der Waals surface area (Å²) >= 11 is 5.97. The molecule has 0 spiro atoms. The van der Waals surface area contributed by atoms with Gasteiger partial charge in [0.2, 0.25) is 21.8 Å². The fourth-order valence-corrected chi connectivity index (χ4v) is 5.27. The van der Waals surface area contributed by atoms with Gasteiger partial charge in [0.25, 0.3) is 0 Å². The summed E-state index contributed by atoms with van der Waals surface area (Å²) in [5.41, 5.74) is 2.00. The van der Waals surface area contributed by atoms with E-state index in [1.165, 1.54) is 41.9 Å². The number of benzene rings is 3. The lowest BCUT2D eigenvalue weighted by Gasteiger charge is -2.30. The Bertz CT molecular complexity index is 1340. The number of sulfonamides is 1. The molecule has 0 aliphatic carbocycles. The van der Waals surface area contributed by atoms with Crippen LogP contribution in [0.5, 0.6) is 0 Å². The molecule has 0 fully saturated rings. The van der Waals surface area contributed by atoms with Crippen molar-refractivity contribution in [2.45, 2.75) is 17.5 Å². The number of carbonyl (C=O) groups is 1. The summed E-state index contributed by atoms with van der Waals surface area (Å²) in [6.45, 7) is -0.0379. The van der Waals surface area contributed by atoms with E-state index in [1.54, 1.807) is 54.7 Å². The van der Waals surface area contributed by atoms with E-state index in [0.717, 1.165) is 5.56 Å². The van der Waals surface area contributed by atoms with Crippen molar-refractivity contribution < 1.29 is 17.6 Å². The number of hydrogen-bond acceptors (Lipinski definition) is 5. The zero-order valence-electron chi connectivity index (χ0n) is 18.3. The summed E-state index contributed by atoms with van der Waals surface area (Å²) in [6.07, 6.45) is 3.04. The van der Waals surface area contributed by atoms with Gasteiger partial charge in [-0.05, 0) is 47.5 Å². The van der Waals surface area contributed by atoms with Gasteiger partial charge in [0.1, 0.15) is 12.3 Å². The first-order valence-electron chi connectivity index (χ1n) is 10.4. The quantitative estimate of drug-likeness (QED) is 0.383. The molecular weight excluding hydrogens is 474 g/mol. The molecule has 4 aromatic rings. The van der Waals surface area contributed by atoms with Crippen molar-refractivity contribution in [2.75, 3.05) is 7.05 Å². The average molecular weight is 496 g/mol. The van der Waals surface area contributed by atoms with Gasteiger partial charge in [0.15, 0.2) is 0 Å². The van der Waals surface area contributed by atoms with E-state index in [9.17, 15) is 13.2 Å². The van der Waals surface area contributed by atoms with Crippen LogP contribution in [0, 0.1) is 0 Å². The second kappa shape index (κ2) is 10.2. The van der Waals surface area contributed by atoms with Crippen molar-refractivity contribution in [3.63, 3.8) is 0 Å². The molecule has 0 saturated heterocycles. The molecule has 7 nitrogen and oxygen atoms in total. The van der Waals surface area contributed by atoms with Crippen LogP contribution in [0.15, 0.2) is 101 Å². The smallest absolute Gasteiger partial charge is 0.244 e. The minimum Gasteiger partial charge on any atom is -0.445 e. The molecule has 0 unspecified atom stereocenters. The lowest BCUT2D eigenvalue weighted by atomic mass is 10.1. The Hall–Kier alpha value is -3.46. The van der Waals surface area contributed by atoms with Crippen molar-refractivity contribution >= 4 is 27.5 Å². The maximum absolute atomic E-state index is 13.8. The van der Waals surface area contributed by atoms with E-state index < -0.39 is 22.0 Å². The van der Waals surface area contributed by atoms with Gasteiger partial charge in [0.05, 0.1) is 11.1 Å². The second-order valence-electron chi connectivity index (χ2n) is 7.47. The molecule has 4 rings (SSSR count). The Morgan fingerprint density at radius 2 is 1.71 bits per heavy atom. The number of carbonyl (C=O) groups excluding carboxylic acids is 1. The van der Waals surface area contributed by atoms with Crippen LogP contribution >= 0.6 is 11.6 Å². The third-order valence-corrected chi connectivity index (χ3v) is 7.37. The first kappa shape index (κ1) is 23.7. The monoisotopic (exact) mass is 495 g/mol. The minimum absolute atomic E-state index is 0.0379. The molecule has 9 heteroatoms. The Kier molecular flexibility index (Phi) is 7.12. The van der Waals surface area contributed by atoms with Gasteiger partial charge in [-0.25, -0.2) is 13.4 Å². The van der Waals surface area contributed by atoms with E-state index in [2.05, 4.69) is 10.3 Å². The van der Waals surface area contributed by atoms with Gasteiger partial charge in [0, 0.05) is 24.2 Å². The maximum atomic E-state index is 13.8. The number of hydrogen-bond donors (Lipinski definition) is 1. The highest BCUT2D eigenvalue weighted by Gasteiger charge is 2.36. The molecule has 1 aromatic heterocycles. The highest BCUT2D eigenvalue weighted by molar-refractivity contribution is 7.89. The van der Waals surface area contributed by atoms with Crippen molar-refractivity contribution in [3.05, 3.63) is 107 Å². The minimum atomic E-state index is -4.09. The number of nitrogens with one attached hydrogen (secondary N) is 1. The SMILES string of the molecule is CNC(=O)[C@@H](c1ccccc1)N(Cc1ccc(-c2ncco2)cc1)S(=O)(=O)c1ccc(Cl)cc1. The normalized spacial score (nSPS) is 12.4. The summed E-state index contributed by atoms with van der Waals surface area (Å²) in [4.78, 5) is 17.2. The molecule has 1 amide bonds. The average Bonchev–Trinajstić information content (AvgIpc) is 3.40. The molecule has 0 radical (unpaired) electrons. The number of likely N-dealkylation sites (N-methyl/N-ethyl adjacent to an activating group) is 1. The second-order valence-corrected chi connectivity index (χ2v) is 9.79. The van der Waals surface area contributed by atoms with Crippen molar-refractivity contribution in [1.29, 1.82) is 0 Å². The van der Waals surface area contributed by atoms with Gasteiger partial charge in [-0.1, -0.05) is 54.1 Å². The predicted octanol–water partition coefficient (Wildman–Crippen LogP) is 4.67. The molecule has 1 heterocycles. The first-order chi connectivity index (χ1) is 16.4. The van der Waals surface area contributed by atoms with E-state index in [1.807, 2.05) is 6.07 Å². The van der Waals surface area contributed by atoms with E-state index >= 15 is 0 Å². The van der Waals surface area contributed by atoms with Gasteiger partial charge in [-0.15, -0.1) is 0 Å². The van der Waals surface area contributed by atoms with Crippen LogP contribution in [0.4, 0.5) is 0 Å². The van der Waals surface area contributed by atoms with Crippen LogP contribution in [0.2, 0.25) is 5.02 Å². The molecule has 34 heavy (non-hydrogen) atoms. The largest absolute Gasteiger partial charge is 0.445 e. The first-order valence-corrected chi connectivity index (χ1v) is 12.2. The third kappa shape index (κ3) is 5.04. The summed E-state index contributed by atoms with van der Waals surface area (Å²) in [7, 11) is -2.61. The number of oxazole rings is 1. The summed E-state index contributed by atoms with van der Waals surface area (Å²) in [5.74, 6) is 0.0184. The number of nitrogens with zero attached hydrogens (tertiary/aromatic N) is 2. The van der Waals surface area contributed by atoms with Crippen molar-refractivity contribution in [2.24, 2.45) is 0 Å². The van der Waals surface area contributed by atoms with Gasteiger partial charge in [-0.2, -0.15) is 4.31 Å². The lowest BCUT2D eigenvalue weighted by molar-refractivity contribution is -0.124. The van der Waals surface area contributed by atoms with E-state index in [-0.39, 0.29) is 11.4 Å². The van der Waals surface area contributed by atoms with Gasteiger partial charge >= 0.3 is 0 Å². The molecule has 1 atom stereocenters. The summed E-state index contributed by atoms with van der Waals surface area (Å²) < 4.78 is 34.2. The molecule has 0 saturated carbocycles. The van der Waals surface area contributed by atoms with Crippen LogP contribution in [0.25, 0.3) is 11.5 Å². The number of halogens is 1. The molecule has 174 valence electrons. The molecule has 3 aromatic carbocycles. The third-order valence-electron chi connectivity index (χ3n) is 5.29. The highest BCUT2D eigenvalue weighted by atomic mass is 35.5. The van der Waals surface area contributed by atoms with Crippen molar-refractivity contribution in [3.8, 4) is 11.5 Å². The highest BCUT2D eigenvalue weighted by Crippen LogP contribution is 2.31. The number of aromatic nitrogens is 1. The van der Waals surface area contributed by atoms with Gasteiger partial charge in [-0.3, -0.25) is 4.79 Å². The fourth-order valence-electron chi connectivity index (χ4n) is 3.58. The van der Waals surface area contributed by atoms with Gasteiger partial charge < -0.3 is 9.73 Å². The Morgan fingerprint density at radius 3 is 2.29 bits per heavy atom. The lowest BCUT2D eigenvalue weighted by Crippen LogP contribution is -2.42. The maximum Gasteiger partial charge on any atom is 0.244 e. The summed E-state index contributed by atoms with van der Waals surface area (Å²) in [6, 6.07) is 20.8. The zero-order chi connectivity index (χ0) is 24.1. The Morgan fingerprint density at radius 1 is 1.03 bits per heavy atom. The molecular formula is C25H22ClN3O4S. The molecule has 1 N–H and O–H groups in total.